The SMILES string of the molecule is c1cc2nc(NCCN3CCOCC3)ncc2s1. The Kier molecular flexibility index (Phi) is 3.68. The predicted molar refractivity (Wildman–Crippen MR) is 73.2 cm³/mol. The Morgan fingerprint density at radius 3 is 3.17 bits per heavy atom. The van der Waals surface area contributed by atoms with Crippen molar-refractivity contribution in [1.82, 2.24) is 14.9 Å². The van der Waals surface area contributed by atoms with E-state index in [0.717, 1.165) is 49.6 Å². The standard InChI is InChI=1S/C12H16N4OS/c1-8-18-11-9-14-12(15-10(1)11)13-2-3-16-4-6-17-7-5-16/h1,8-9H,2-7H2,(H,13,14,15). The maximum absolute atomic E-state index is 5.32. The lowest BCUT2D eigenvalue weighted by Gasteiger charge is -2.26. The van der Waals surface area contributed by atoms with Crippen LogP contribution in [-0.4, -0.2) is 54.3 Å². The van der Waals surface area contributed by atoms with Crippen LogP contribution in [0, 0.1) is 0 Å². The quantitative estimate of drug-likeness (QED) is 0.905. The largest absolute Gasteiger partial charge is 0.379 e. The fourth-order valence-electron chi connectivity index (χ4n) is 2.00. The van der Waals surface area contributed by atoms with E-state index in [4.69, 9.17) is 4.74 Å². The summed E-state index contributed by atoms with van der Waals surface area (Å²) in [5.41, 5.74) is 1.02. The van der Waals surface area contributed by atoms with Crippen LogP contribution in [0.5, 0.6) is 0 Å². The molecule has 1 N–H and O–H groups in total. The summed E-state index contributed by atoms with van der Waals surface area (Å²) < 4.78 is 6.45. The van der Waals surface area contributed by atoms with Crippen LogP contribution >= 0.6 is 11.3 Å². The molecule has 0 aliphatic carbocycles. The Bertz CT molecular complexity index is 510. The van der Waals surface area contributed by atoms with Crippen molar-refractivity contribution in [2.75, 3.05) is 44.7 Å². The highest BCUT2D eigenvalue weighted by molar-refractivity contribution is 7.17. The number of fused-ring (bicyclic) bond motifs is 1. The van der Waals surface area contributed by atoms with E-state index >= 15 is 0 Å². The third kappa shape index (κ3) is 2.77. The Morgan fingerprint density at radius 1 is 1.39 bits per heavy atom. The summed E-state index contributed by atoms with van der Waals surface area (Å²) in [6, 6.07) is 2.02. The van der Waals surface area contributed by atoms with E-state index in [1.54, 1.807) is 11.3 Å². The third-order valence-electron chi connectivity index (χ3n) is 3.02. The van der Waals surface area contributed by atoms with Crippen LogP contribution < -0.4 is 5.32 Å². The van der Waals surface area contributed by atoms with Gasteiger partial charge in [0.15, 0.2) is 0 Å². The molecule has 0 aromatic carbocycles. The number of rotatable bonds is 4. The molecule has 5 nitrogen and oxygen atoms in total. The monoisotopic (exact) mass is 264 g/mol. The molecule has 1 aliphatic heterocycles. The molecule has 0 unspecified atom stereocenters. The molecule has 1 fully saturated rings. The topological polar surface area (TPSA) is 50.3 Å². The number of morpholine rings is 1. The molecule has 0 bridgehead atoms. The van der Waals surface area contributed by atoms with E-state index in [1.807, 2.05) is 17.6 Å². The first-order chi connectivity index (χ1) is 8.92. The predicted octanol–water partition coefficient (Wildman–Crippen LogP) is 1.44. The molecule has 0 atom stereocenters. The van der Waals surface area contributed by atoms with Gasteiger partial charge in [0.05, 0.1) is 29.6 Å². The molecule has 3 heterocycles. The minimum absolute atomic E-state index is 0.717. The fourth-order valence-corrected chi connectivity index (χ4v) is 2.69. The van der Waals surface area contributed by atoms with E-state index in [-0.39, 0.29) is 0 Å². The van der Waals surface area contributed by atoms with Gasteiger partial charge in [0.25, 0.3) is 0 Å². The molecule has 3 rings (SSSR count). The molecule has 6 heteroatoms. The smallest absolute Gasteiger partial charge is 0.223 e. The highest BCUT2D eigenvalue weighted by Gasteiger charge is 2.09. The molecule has 0 amide bonds. The van der Waals surface area contributed by atoms with Gasteiger partial charge in [0, 0.05) is 26.2 Å². The summed E-state index contributed by atoms with van der Waals surface area (Å²) in [5.74, 6) is 0.717. The van der Waals surface area contributed by atoms with Crippen LogP contribution in [0.1, 0.15) is 0 Å². The number of hydrogen-bond acceptors (Lipinski definition) is 6. The summed E-state index contributed by atoms with van der Waals surface area (Å²) in [7, 11) is 0. The van der Waals surface area contributed by atoms with Gasteiger partial charge in [0.2, 0.25) is 5.95 Å². The van der Waals surface area contributed by atoms with E-state index in [2.05, 4.69) is 20.2 Å². The minimum Gasteiger partial charge on any atom is -0.379 e. The van der Waals surface area contributed by atoms with Crippen LogP contribution in [0.15, 0.2) is 17.6 Å². The summed E-state index contributed by atoms with van der Waals surface area (Å²) in [6.45, 7) is 5.61. The average molecular weight is 264 g/mol. The van der Waals surface area contributed by atoms with Gasteiger partial charge >= 0.3 is 0 Å². The van der Waals surface area contributed by atoms with Crippen LogP contribution in [0.3, 0.4) is 0 Å². The van der Waals surface area contributed by atoms with Crippen LogP contribution in [0.25, 0.3) is 10.2 Å². The van der Waals surface area contributed by atoms with E-state index in [9.17, 15) is 0 Å². The van der Waals surface area contributed by atoms with Gasteiger partial charge < -0.3 is 10.1 Å². The third-order valence-corrected chi connectivity index (χ3v) is 3.86. The zero-order valence-electron chi connectivity index (χ0n) is 10.1. The lowest BCUT2D eigenvalue weighted by atomic mass is 10.4. The first-order valence-corrected chi connectivity index (χ1v) is 7.04. The molecule has 0 saturated carbocycles. The zero-order valence-corrected chi connectivity index (χ0v) is 10.9. The Hall–Kier alpha value is -1.24. The molecule has 0 radical (unpaired) electrons. The molecular weight excluding hydrogens is 248 g/mol. The van der Waals surface area contributed by atoms with E-state index < -0.39 is 0 Å². The number of hydrogen-bond donors (Lipinski definition) is 1. The summed E-state index contributed by atoms with van der Waals surface area (Å²) in [6.07, 6.45) is 1.88. The second kappa shape index (κ2) is 5.60. The molecule has 0 spiro atoms. The van der Waals surface area contributed by atoms with Crippen molar-refractivity contribution in [3.63, 3.8) is 0 Å². The van der Waals surface area contributed by atoms with Gasteiger partial charge in [-0.1, -0.05) is 0 Å². The molecule has 18 heavy (non-hydrogen) atoms. The summed E-state index contributed by atoms with van der Waals surface area (Å²) >= 11 is 1.67. The van der Waals surface area contributed by atoms with Crippen LogP contribution in [0.2, 0.25) is 0 Å². The molecule has 1 aliphatic rings. The maximum atomic E-state index is 5.32. The van der Waals surface area contributed by atoms with Crippen LogP contribution in [0.4, 0.5) is 5.95 Å². The molecule has 2 aromatic rings. The normalized spacial score (nSPS) is 17.1. The number of nitrogens with one attached hydrogen (secondary N) is 1. The summed E-state index contributed by atoms with van der Waals surface area (Å²) in [5, 5.41) is 5.31. The Morgan fingerprint density at radius 2 is 2.28 bits per heavy atom. The van der Waals surface area contributed by atoms with Crippen molar-refractivity contribution in [1.29, 1.82) is 0 Å². The van der Waals surface area contributed by atoms with Crippen molar-refractivity contribution < 1.29 is 4.74 Å². The molecule has 96 valence electrons. The maximum Gasteiger partial charge on any atom is 0.223 e. The first kappa shape index (κ1) is 11.8. The van der Waals surface area contributed by atoms with Crippen molar-refractivity contribution in [2.24, 2.45) is 0 Å². The van der Waals surface area contributed by atoms with E-state index in [1.165, 1.54) is 0 Å². The number of nitrogens with zero attached hydrogens (tertiary/aromatic N) is 3. The number of ether oxygens (including phenoxy) is 1. The first-order valence-electron chi connectivity index (χ1n) is 6.16. The van der Waals surface area contributed by atoms with Gasteiger partial charge in [0.1, 0.15) is 0 Å². The van der Waals surface area contributed by atoms with Crippen molar-refractivity contribution >= 4 is 27.5 Å². The highest BCUT2D eigenvalue weighted by atomic mass is 32.1. The number of thiophene rings is 1. The van der Waals surface area contributed by atoms with Gasteiger partial charge in [-0.15, -0.1) is 11.3 Å². The van der Waals surface area contributed by atoms with Gasteiger partial charge in [-0.25, -0.2) is 9.97 Å². The minimum atomic E-state index is 0.717. The van der Waals surface area contributed by atoms with E-state index in [0.29, 0.717) is 5.95 Å². The van der Waals surface area contributed by atoms with Crippen molar-refractivity contribution in [3.8, 4) is 0 Å². The molecule has 2 aromatic heterocycles. The zero-order chi connectivity index (χ0) is 12.2. The number of anilines is 1. The summed E-state index contributed by atoms with van der Waals surface area (Å²) in [4.78, 5) is 11.2. The Labute approximate surface area is 110 Å². The van der Waals surface area contributed by atoms with Gasteiger partial charge in [-0.3, -0.25) is 4.90 Å². The highest BCUT2D eigenvalue weighted by Crippen LogP contribution is 2.18. The average Bonchev–Trinajstić information content (AvgIpc) is 2.87. The van der Waals surface area contributed by atoms with Crippen molar-refractivity contribution in [2.45, 2.75) is 0 Å². The second-order valence-electron chi connectivity index (χ2n) is 4.24. The molecular formula is C12H16N4OS. The van der Waals surface area contributed by atoms with Gasteiger partial charge in [-0.2, -0.15) is 0 Å². The lowest BCUT2D eigenvalue weighted by molar-refractivity contribution is 0.0398. The van der Waals surface area contributed by atoms with Crippen LogP contribution in [-0.2, 0) is 4.74 Å². The second-order valence-corrected chi connectivity index (χ2v) is 5.19. The lowest BCUT2D eigenvalue weighted by Crippen LogP contribution is -2.39. The Balaban J connectivity index is 1.52. The number of aromatic nitrogens is 2. The van der Waals surface area contributed by atoms with Crippen molar-refractivity contribution in [3.05, 3.63) is 17.6 Å². The fraction of sp³-hybridized carbons (Fsp3) is 0.500. The molecule has 1 saturated heterocycles. The van der Waals surface area contributed by atoms with Gasteiger partial charge in [-0.05, 0) is 11.4 Å².